The third-order valence-corrected chi connectivity index (χ3v) is 2.22. The number of ether oxygens (including phenoxy) is 1. The van der Waals surface area contributed by atoms with E-state index in [1.807, 2.05) is 24.6 Å². The van der Waals surface area contributed by atoms with Crippen molar-refractivity contribution in [1.29, 1.82) is 0 Å². The van der Waals surface area contributed by atoms with E-state index < -0.39 is 0 Å². The van der Waals surface area contributed by atoms with Crippen LogP contribution in [0.2, 0.25) is 0 Å². The van der Waals surface area contributed by atoms with E-state index in [1.54, 1.807) is 19.4 Å². The van der Waals surface area contributed by atoms with Crippen molar-refractivity contribution in [2.24, 2.45) is 0 Å². The van der Waals surface area contributed by atoms with Crippen LogP contribution in [0, 0.1) is 0 Å². The fourth-order valence-corrected chi connectivity index (χ4v) is 1.53. The minimum atomic E-state index is -0.279. The van der Waals surface area contributed by atoms with Gasteiger partial charge in [-0.15, -0.1) is 0 Å². The summed E-state index contributed by atoms with van der Waals surface area (Å²) in [6.45, 7) is 6.84. The third-order valence-electron chi connectivity index (χ3n) is 2.22. The molecule has 90 valence electrons. The highest BCUT2D eigenvalue weighted by atomic mass is 16.5. The quantitative estimate of drug-likeness (QED) is 0.728. The molecule has 0 amide bonds. The molecular formula is C11H19N3O2. The molecule has 1 aromatic heterocycles. The molecule has 0 bridgehead atoms. The minimum Gasteiger partial charge on any atom is -0.465 e. The molecule has 0 fully saturated rings. The smallest absolute Gasteiger partial charge is 0.322 e. The summed E-state index contributed by atoms with van der Waals surface area (Å²) in [4.78, 5) is 15.3. The number of carbonyl (C=O) groups excluding carboxylic acids is 1. The summed E-state index contributed by atoms with van der Waals surface area (Å²) in [5.41, 5.74) is 0. The van der Waals surface area contributed by atoms with Crippen LogP contribution in [0.5, 0.6) is 0 Å². The molecule has 2 atom stereocenters. The maximum Gasteiger partial charge on any atom is 0.322 e. The van der Waals surface area contributed by atoms with Gasteiger partial charge in [-0.05, 0) is 20.8 Å². The molecule has 1 heterocycles. The highest BCUT2D eigenvalue weighted by Crippen LogP contribution is 1.95. The lowest BCUT2D eigenvalue weighted by molar-refractivity contribution is -0.145. The lowest BCUT2D eigenvalue weighted by Crippen LogP contribution is -2.42. The van der Waals surface area contributed by atoms with Gasteiger partial charge in [-0.25, -0.2) is 4.98 Å². The molecule has 0 aliphatic carbocycles. The van der Waals surface area contributed by atoms with Gasteiger partial charge in [-0.2, -0.15) is 0 Å². The topological polar surface area (TPSA) is 56.1 Å². The van der Waals surface area contributed by atoms with Crippen LogP contribution in [0.3, 0.4) is 0 Å². The van der Waals surface area contributed by atoms with E-state index in [2.05, 4.69) is 10.3 Å². The monoisotopic (exact) mass is 225 g/mol. The second-order valence-corrected chi connectivity index (χ2v) is 3.80. The first-order valence-corrected chi connectivity index (χ1v) is 5.52. The number of hydrogen-bond acceptors (Lipinski definition) is 4. The summed E-state index contributed by atoms with van der Waals surface area (Å²) in [5, 5.41) is 3.18. The lowest BCUT2D eigenvalue weighted by atomic mass is 10.2. The number of carbonyl (C=O) groups is 1. The fourth-order valence-electron chi connectivity index (χ4n) is 1.53. The van der Waals surface area contributed by atoms with Gasteiger partial charge in [0.2, 0.25) is 0 Å². The summed E-state index contributed by atoms with van der Waals surface area (Å²) < 4.78 is 6.89. The Morgan fingerprint density at radius 2 is 2.31 bits per heavy atom. The van der Waals surface area contributed by atoms with Gasteiger partial charge < -0.3 is 14.6 Å². The maximum atomic E-state index is 11.4. The molecule has 1 N–H and O–H groups in total. The van der Waals surface area contributed by atoms with E-state index in [1.165, 1.54) is 0 Å². The van der Waals surface area contributed by atoms with E-state index in [0.717, 1.165) is 6.54 Å². The molecular weight excluding hydrogens is 206 g/mol. The van der Waals surface area contributed by atoms with Gasteiger partial charge in [0.05, 0.1) is 12.9 Å². The Morgan fingerprint density at radius 3 is 2.88 bits per heavy atom. The number of imidazole rings is 1. The average Bonchev–Trinajstić information content (AvgIpc) is 2.70. The van der Waals surface area contributed by atoms with Crippen molar-refractivity contribution < 1.29 is 9.53 Å². The highest BCUT2D eigenvalue weighted by Gasteiger charge is 2.15. The fraction of sp³-hybridized carbons (Fsp3) is 0.636. The summed E-state index contributed by atoms with van der Waals surface area (Å²) in [6, 6.07) is -0.0907. The standard InChI is InChI=1S/C11H19N3O2/c1-4-16-11(15)10(3)13-9(2)7-14-6-5-12-8-14/h5-6,8-10,13H,4,7H2,1-3H3. The molecule has 0 saturated heterocycles. The van der Waals surface area contributed by atoms with E-state index >= 15 is 0 Å². The Labute approximate surface area is 95.8 Å². The summed E-state index contributed by atoms with van der Waals surface area (Å²) in [5.74, 6) is -0.208. The number of hydrogen-bond donors (Lipinski definition) is 1. The van der Waals surface area contributed by atoms with Crippen molar-refractivity contribution in [1.82, 2.24) is 14.9 Å². The number of rotatable bonds is 6. The number of nitrogens with one attached hydrogen (secondary N) is 1. The van der Waals surface area contributed by atoms with Gasteiger partial charge >= 0.3 is 5.97 Å². The van der Waals surface area contributed by atoms with E-state index in [4.69, 9.17) is 4.74 Å². The van der Waals surface area contributed by atoms with Crippen LogP contribution in [0.4, 0.5) is 0 Å². The minimum absolute atomic E-state index is 0.189. The second kappa shape index (κ2) is 6.27. The summed E-state index contributed by atoms with van der Waals surface area (Å²) in [6.07, 6.45) is 5.39. The van der Waals surface area contributed by atoms with Crippen LogP contribution in [0.15, 0.2) is 18.7 Å². The first-order valence-electron chi connectivity index (χ1n) is 5.52. The van der Waals surface area contributed by atoms with Gasteiger partial charge in [0.1, 0.15) is 6.04 Å². The first kappa shape index (κ1) is 12.7. The van der Waals surface area contributed by atoms with Crippen LogP contribution >= 0.6 is 0 Å². The van der Waals surface area contributed by atoms with Gasteiger partial charge in [0.15, 0.2) is 0 Å². The predicted octanol–water partition coefficient (Wildman–Crippen LogP) is 0.813. The number of nitrogens with zero attached hydrogens (tertiary/aromatic N) is 2. The number of esters is 1. The predicted molar refractivity (Wildman–Crippen MR) is 60.9 cm³/mol. The molecule has 0 aromatic carbocycles. The molecule has 1 aromatic rings. The lowest BCUT2D eigenvalue weighted by Gasteiger charge is -2.18. The van der Waals surface area contributed by atoms with E-state index in [0.29, 0.717) is 6.61 Å². The Hall–Kier alpha value is -1.36. The van der Waals surface area contributed by atoms with Crippen LogP contribution < -0.4 is 5.32 Å². The maximum absolute atomic E-state index is 11.4. The zero-order valence-electron chi connectivity index (χ0n) is 10.0. The molecule has 0 spiro atoms. The molecule has 0 aliphatic rings. The van der Waals surface area contributed by atoms with Crippen LogP contribution in [-0.2, 0) is 16.1 Å². The van der Waals surface area contributed by atoms with Crippen LogP contribution in [-0.4, -0.2) is 34.2 Å². The van der Waals surface area contributed by atoms with Crippen molar-refractivity contribution >= 4 is 5.97 Å². The first-order chi connectivity index (χ1) is 7.63. The molecule has 16 heavy (non-hydrogen) atoms. The molecule has 0 radical (unpaired) electrons. The van der Waals surface area contributed by atoms with Gasteiger partial charge in [0, 0.05) is 25.0 Å². The summed E-state index contributed by atoms with van der Waals surface area (Å²) in [7, 11) is 0. The van der Waals surface area contributed by atoms with Crippen molar-refractivity contribution in [3.63, 3.8) is 0 Å². The third kappa shape index (κ3) is 4.02. The largest absolute Gasteiger partial charge is 0.465 e. The van der Waals surface area contributed by atoms with Crippen molar-refractivity contribution in [2.45, 2.75) is 39.4 Å². The van der Waals surface area contributed by atoms with Crippen molar-refractivity contribution in [3.05, 3.63) is 18.7 Å². The molecule has 5 nitrogen and oxygen atoms in total. The molecule has 1 rings (SSSR count). The Kier molecular flexibility index (Phi) is 4.98. The number of aromatic nitrogens is 2. The molecule has 0 aliphatic heterocycles. The van der Waals surface area contributed by atoms with Crippen molar-refractivity contribution in [3.8, 4) is 0 Å². The Morgan fingerprint density at radius 1 is 1.56 bits per heavy atom. The highest BCUT2D eigenvalue weighted by molar-refractivity contribution is 5.75. The SMILES string of the molecule is CCOC(=O)C(C)NC(C)Cn1ccnc1. The van der Waals surface area contributed by atoms with Gasteiger partial charge in [0.25, 0.3) is 0 Å². The van der Waals surface area contributed by atoms with Gasteiger partial charge in [-0.1, -0.05) is 0 Å². The Balaban J connectivity index is 2.33. The van der Waals surface area contributed by atoms with Crippen LogP contribution in [0.25, 0.3) is 0 Å². The molecule has 0 saturated carbocycles. The molecule has 5 heteroatoms. The molecule has 2 unspecified atom stereocenters. The van der Waals surface area contributed by atoms with E-state index in [-0.39, 0.29) is 18.1 Å². The average molecular weight is 225 g/mol. The second-order valence-electron chi connectivity index (χ2n) is 3.80. The van der Waals surface area contributed by atoms with Crippen LogP contribution in [0.1, 0.15) is 20.8 Å². The zero-order chi connectivity index (χ0) is 12.0. The Bertz CT molecular complexity index is 311. The normalized spacial score (nSPS) is 14.4. The van der Waals surface area contributed by atoms with E-state index in [9.17, 15) is 4.79 Å². The van der Waals surface area contributed by atoms with Crippen molar-refractivity contribution in [2.75, 3.05) is 6.61 Å². The zero-order valence-corrected chi connectivity index (χ0v) is 10.0. The summed E-state index contributed by atoms with van der Waals surface area (Å²) >= 11 is 0. The van der Waals surface area contributed by atoms with Gasteiger partial charge in [-0.3, -0.25) is 4.79 Å².